The van der Waals surface area contributed by atoms with Crippen LogP contribution in [0.2, 0.25) is 0 Å². The number of rotatable bonds is 13. The van der Waals surface area contributed by atoms with E-state index in [1.54, 1.807) is 34.1 Å². The van der Waals surface area contributed by atoms with Crippen molar-refractivity contribution in [2.75, 3.05) is 107 Å². The quantitative estimate of drug-likeness (QED) is 0.0461. The number of nitrogens with one attached hydrogen (secondary N) is 5. The molecule has 7 aliphatic rings. The van der Waals surface area contributed by atoms with Crippen LogP contribution in [0.15, 0.2) is 85.2 Å². The molecule has 6 atom stereocenters. The number of halogens is 5. The van der Waals surface area contributed by atoms with Crippen molar-refractivity contribution in [2.24, 2.45) is 21.7 Å². The summed E-state index contributed by atoms with van der Waals surface area (Å²) in [6, 6.07) is 13.7. The van der Waals surface area contributed by atoms with E-state index in [0.717, 1.165) is 131 Å². The first-order valence-corrected chi connectivity index (χ1v) is 44.1. The van der Waals surface area contributed by atoms with Crippen molar-refractivity contribution in [3.63, 3.8) is 0 Å². The molecule has 8 aromatic rings. The number of aromatic nitrogens is 9. The molecule has 11 heterocycles. The molecule has 15 rings (SSSR count). The Hall–Kier alpha value is -11.2. The predicted molar refractivity (Wildman–Crippen MR) is 474 cm³/mol. The van der Waals surface area contributed by atoms with Gasteiger partial charge in [0.2, 0.25) is 23.6 Å². The number of carbonyl (C=O) groups excluding carboxylic acids is 8. The minimum absolute atomic E-state index is 0.00301. The molecule has 0 bridgehead atoms. The number of hydrogen-bond acceptors (Lipinski definition) is 19. The molecule has 1 unspecified atom stereocenters. The molecule has 8 amide bonds. The number of nitrogens with zero attached hydrogens (tertiary/aromatic N) is 15. The third-order valence-electron chi connectivity index (χ3n) is 24.6. The maximum atomic E-state index is 14.6. The molecule has 6 N–H and O–H groups in total. The molecule has 0 spiro atoms. The number of fused-ring (bicyclic) bond motifs is 4. The maximum Gasteiger partial charge on any atom is 0.343 e. The topological polar surface area (TPSA) is 339 Å². The van der Waals surface area contributed by atoms with Gasteiger partial charge >= 0.3 is 24.1 Å². The number of piperazine rings is 1. The fourth-order valence-electron chi connectivity index (χ4n) is 17.0. The van der Waals surface area contributed by atoms with Crippen LogP contribution in [0.5, 0.6) is 0 Å². The number of likely N-dealkylation sites (N-methyl/N-ethyl adjacent to an activating group) is 4. The average Bonchev–Trinajstić information content (AvgIpc) is 1.62. The standard InChI is InChI=1S/C25H32F3N5O3.C25H34F2N6O2.C23H30N4O4.C20H27N5O2/c1-25(2,3)22(23(34)32-8-6-14(12-32)31(4)5)29-24(35)33-20-7-9-36-13-16(20)21(30-33)15-10-18(27)19(28)11-17(15)26;1-25(2,3)22(23(34)32-12-10-30(4)11-13-32)28-24(35)33-20-8-9-31(5)15-17(20)21(29-33)16-6-7-18(26)19(27)14-16;1-23(2,3)20(21(29)26-11-9-16(28)13-26)24-22(30)27-18-10-12-31-14-17(18)19(25-27)15-7-5-4-6-8-15;1-20(2,3)17(18(26)21-4)23-19(27)25-15-10-6-5-9-14(15)16(24-25)13-8-7-11-22-12-13/h10-11,14,22H,6-9,12-13H2,1-5H3,(H,29,35);6-7,14,22H,8-13,15H2,1-5H3,(H,28,35);4-8,16,20,28H,9-14H2,1-3H3,(H,24,30);7-8,11-12,17H,5-6,9-10H2,1-4H3,(H,21,26)(H,23,27)/t14?,22-;22-;16-,20+;17-/m1101/s1. The number of aliphatic hydroxyl groups excluding tert-OH is 1. The van der Waals surface area contributed by atoms with Crippen molar-refractivity contribution in [1.82, 2.24) is 100 Å². The van der Waals surface area contributed by atoms with Crippen LogP contribution < -0.4 is 26.6 Å². The van der Waals surface area contributed by atoms with Crippen LogP contribution in [0.25, 0.3) is 45.0 Å². The highest BCUT2D eigenvalue weighted by Gasteiger charge is 2.44. The van der Waals surface area contributed by atoms with Crippen molar-refractivity contribution in [3.05, 3.63) is 159 Å². The van der Waals surface area contributed by atoms with Crippen molar-refractivity contribution < 1.29 is 74.9 Å². The molecule has 3 saturated heterocycles. The SMILES string of the molecule is CC(C)(C)[C@H](NC(=O)n1nc(-c2ccccc2)c2c1CCOC2)C(=O)N1CC[C@H](O)C1.CN(C)C1CCN(C(=O)[C@@H](NC(=O)n2nc(-c3cc(F)c(F)cc3F)c3c2CCOC3)C(C)(C)C)C1.CN1CCN(C(=O)[C@@H](NC(=O)n2nc(-c3ccc(F)c(F)c3)c3c2CCN(C)C3)C(C)(C)C)CC1.CNC(=O)[C@@H](NC(=O)n1nc(-c2cccnc2)c2c1CCCC2)C(C)(C)C. The zero-order chi connectivity index (χ0) is 93.6. The summed E-state index contributed by atoms with van der Waals surface area (Å²) in [6.45, 7) is 30.2. The van der Waals surface area contributed by atoms with Gasteiger partial charge in [-0.1, -0.05) is 113 Å². The van der Waals surface area contributed by atoms with Crippen LogP contribution in [-0.2, 0) is 80.5 Å². The molecule has 3 aromatic carbocycles. The molecule has 6 aliphatic heterocycles. The van der Waals surface area contributed by atoms with E-state index in [0.29, 0.717) is 120 Å². The van der Waals surface area contributed by atoms with Gasteiger partial charge in [-0.3, -0.25) is 24.2 Å². The van der Waals surface area contributed by atoms with Crippen molar-refractivity contribution >= 4 is 47.8 Å². The summed E-state index contributed by atoms with van der Waals surface area (Å²) < 4.78 is 85.9. The van der Waals surface area contributed by atoms with Gasteiger partial charge in [0, 0.05) is 161 Å². The van der Waals surface area contributed by atoms with Gasteiger partial charge in [0.1, 0.15) is 35.7 Å². The second-order valence-electron chi connectivity index (χ2n) is 38.7. The molecule has 1 aliphatic carbocycles. The summed E-state index contributed by atoms with van der Waals surface area (Å²) in [5, 5.41) is 42.1. The van der Waals surface area contributed by atoms with E-state index in [1.807, 2.05) is 154 Å². The fourth-order valence-corrected chi connectivity index (χ4v) is 17.0. The zero-order valence-corrected chi connectivity index (χ0v) is 76.9. The molecule has 5 aromatic heterocycles. The first-order chi connectivity index (χ1) is 60.9. The normalized spacial score (nSPS) is 18.1. The van der Waals surface area contributed by atoms with Gasteiger partial charge in [0.25, 0.3) is 0 Å². The molecule has 0 radical (unpaired) electrons. The van der Waals surface area contributed by atoms with Crippen LogP contribution in [0, 0.1) is 50.7 Å². The number of aliphatic hydroxyl groups is 1. The minimum atomic E-state index is -1.32. The van der Waals surface area contributed by atoms with E-state index in [-0.39, 0.29) is 53.6 Å². The Morgan fingerprint density at radius 2 is 0.907 bits per heavy atom. The number of amides is 8. The highest BCUT2D eigenvalue weighted by Crippen LogP contribution is 2.38. The smallest absolute Gasteiger partial charge is 0.343 e. The second-order valence-corrected chi connectivity index (χ2v) is 38.7. The van der Waals surface area contributed by atoms with Crippen LogP contribution >= 0.6 is 0 Å². The van der Waals surface area contributed by atoms with E-state index < -0.39 is 99.1 Å². The monoisotopic (exact) mass is 1790 g/mol. The molecule has 31 nitrogen and oxygen atoms in total. The van der Waals surface area contributed by atoms with Gasteiger partial charge in [-0.25, -0.2) is 41.1 Å². The summed E-state index contributed by atoms with van der Waals surface area (Å²) in [5.74, 6) is -6.14. The van der Waals surface area contributed by atoms with Crippen LogP contribution in [0.3, 0.4) is 0 Å². The number of β-amino-alcohol motifs (C(OH)–C–C–N with tert-alkyl or cyclic N) is 1. The number of likely N-dealkylation sites (tertiary alicyclic amines) is 2. The Kier molecular flexibility index (Phi) is 30.4. The Morgan fingerprint density at radius 3 is 1.40 bits per heavy atom. The Morgan fingerprint density at radius 1 is 0.450 bits per heavy atom. The largest absolute Gasteiger partial charge is 0.391 e. The summed E-state index contributed by atoms with van der Waals surface area (Å²) in [7, 11) is 9.50. The van der Waals surface area contributed by atoms with Crippen molar-refractivity contribution in [1.29, 1.82) is 0 Å². The minimum Gasteiger partial charge on any atom is -0.391 e. The molecular weight excluding hydrogens is 1670 g/mol. The Balaban J connectivity index is 0.000000157. The molecule has 696 valence electrons. The van der Waals surface area contributed by atoms with Gasteiger partial charge in [-0.2, -0.15) is 39.1 Å². The molecule has 36 heteroatoms. The van der Waals surface area contributed by atoms with E-state index >= 15 is 0 Å². The Bertz CT molecular complexity index is 5410. The van der Waals surface area contributed by atoms with E-state index in [1.165, 1.54) is 20.1 Å². The number of carbonyl (C=O) groups is 8. The van der Waals surface area contributed by atoms with Crippen LogP contribution in [0.1, 0.15) is 154 Å². The van der Waals surface area contributed by atoms with E-state index in [9.17, 15) is 65.4 Å². The lowest BCUT2D eigenvalue weighted by atomic mass is 9.85. The predicted octanol–water partition coefficient (Wildman–Crippen LogP) is 10.5. The van der Waals surface area contributed by atoms with E-state index in [2.05, 4.69) is 66.7 Å². The summed E-state index contributed by atoms with van der Waals surface area (Å²) in [4.78, 5) is 121. The van der Waals surface area contributed by atoms with Crippen LogP contribution in [0.4, 0.5) is 41.1 Å². The lowest BCUT2D eigenvalue weighted by Crippen LogP contribution is -2.58. The number of pyridine rings is 1. The second kappa shape index (κ2) is 40.5. The van der Waals surface area contributed by atoms with Gasteiger partial charge < -0.3 is 70.6 Å². The number of hydrogen-bond donors (Lipinski definition) is 6. The molecule has 3 fully saturated rings. The highest BCUT2D eigenvalue weighted by atomic mass is 19.2. The highest BCUT2D eigenvalue weighted by molar-refractivity contribution is 5.92. The van der Waals surface area contributed by atoms with Gasteiger partial charge in [-0.15, -0.1) is 0 Å². The summed E-state index contributed by atoms with van der Waals surface area (Å²) >= 11 is 0. The van der Waals surface area contributed by atoms with Gasteiger partial charge in [0.15, 0.2) is 23.3 Å². The summed E-state index contributed by atoms with van der Waals surface area (Å²) in [6.07, 6.45) is 9.64. The number of ether oxygens (including phenoxy) is 2. The molecule has 0 saturated carbocycles. The average molecular weight is 1790 g/mol. The van der Waals surface area contributed by atoms with E-state index in [4.69, 9.17) is 9.47 Å². The zero-order valence-electron chi connectivity index (χ0n) is 76.9. The Labute approximate surface area is 749 Å². The first-order valence-electron chi connectivity index (χ1n) is 44.1. The lowest BCUT2D eigenvalue weighted by molar-refractivity contribution is -0.137. The van der Waals surface area contributed by atoms with Gasteiger partial charge in [0.05, 0.1) is 72.4 Å². The molecule has 129 heavy (non-hydrogen) atoms. The third-order valence-corrected chi connectivity index (χ3v) is 24.6. The number of benzene rings is 3. The van der Waals surface area contributed by atoms with Crippen molar-refractivity contribution in [2.45, 2.75) is 197 Å². The maximum absolute atomic E-state index is 14.6. The fraction of sp³-hybridized carbons (Fsp3) is 0.538. The lowest BCUT2D eigenvalue weighted by Gasteiger charge is -2.38. The third kappa shape index (κ3) is 22.5. The van der Waals surface area contributed by atoms with Gasteiger partial charge in [-0.05, 0) is 125 Å². The summed E-state index contributed by atoms with van der Waals surface area (Å²) in [5.41, 5.74) is 8.10. The van der Waals surface area contributed by atoms with Crippen LogP contribution in [-0.4, -0.2) is 270 Å². The van der Waals surface area contributed by atoms with Crippen molar-refractivity contribution in [3.8, 4) is 45.0 Å². The molecular formula is C93H123F5N20O11. The first kappa shape index (κ1) is 96.9.